The summed E-state index contributed by atoms with van der Waals surface area (Å²) in [4.78, 5) is 26.0. The average molecular weight is 720 g/mol. The molecule has 7 nitrogen and oxygen atoms in total. The van der Waals surface area contributed by atoms with Gasteiger partial charge in [0.05, 0.1) is 6.42 Å². The zero-order chi connectivity index (χ0) is 37.7. The van der Waals surface area contributed by atoms with Crippen LogP contribution in [-0.4, -0.2) is 63.3 Å². The molecule has 0 aliphatic rings. The molecule has 0 saturated heterocycles. The molecule has 0 fully saturated rings. The van der Waals surface area contributed by atoms with E-state index in [1.807, 2.05) is 12.4 Å². The van der Waals surface area contributed by atoms with Gasteiger partial charge < -0.3 is 19.3 Å². The third kappa shape index (κ3) is 37.7. The lowest BCUT2D eigenvalue weighted by Crippen LogP contribution is -2.27. The molecule has 0 aromatic rings. The van der Waals surface area contributed by atoms with Crippen LogP contribution in [0.5, 0.6) is 0 Å². The number of ether oxygens (including phenoxy) is 1. The second-order valence-electron chi connectivity index (χ2n) is 16.0. The highest BCUT2D eigenvalue weighted by Gasteiger charge is 2.19. The molecule has 0 bridgehead atoms. The van der Waals surface area contributed by atoms with Crippen LogP contribution in [0.3, 0.4) is 0 Å². The van der Waals surface area contributed by atoms with E-state index >= 15 is 0 Å². The number of nitrogens with zero attached hydrogens (tertiary/aromatic N) is 3. The van der Waals surface area contributed by atoms with Crippen molar-refractivity contribution in [2.45, 2.75) is 214 Å². The highest BCUT2D eigenvalue weighted by Crippen LogP contribution is 2.23. The van der Waals surface area contributed by atoms with Gasteiger partial charge in [0.25, 0.3) is 0 Å². The van der Waals surface area contributed by atoms with Crippen LogP contribution in [0.15, 0.2) is 22.0 Å². The second kappa shape index (κ2) is 36.5. The maximum atomic E-state index is 13.0. The third-order valence-corrected chi connectivity index (χ3v) is 9.28. The summed E-state index contributed by atoms with van der Waals surface area (Å²) in [5, 5.41) is 8.23. The SMILES string of the molecule is CCCCCCCO/N=C\CCCCCCCCC(CCCCCCCC/C=N\OCCCCCCC)OC(=O)CC(C)=CC(C)(C)CN(C)C. The summed E-state index contributed by atoms with van der Waals surface area (Å²) < 4.78 is 6.12. The number of oxime groups is 2. The van der Waals surface area contributed by atoms with Gasteiger partial charge in [0.1, 0.15) is 19.3 Å². The van der Waals surface area contributed by atoms with Gasteiger partial charge in [-0.15, -0.1) is 0 Å². The van der Waals surface area contributed by atoms with Crippen molar-refractivity contribution in [2.24, 2.45) is 15.7 Å². The topological polar surface area (TPSA) is 72.7 Å². The van der Waals surface area contributed by atoms with E-state index in [9.17, 15) is 4.79 Å². The van der Waals surface area contributed by atoms with Gasteiger partial charge in [-0.05, 0) is 103 Å². The van der Waals surface area contributed by atoms with E-state index in [1.54, 1.807) is 0 Å². The Hall–Kier alpha value is -1.89. The summed E-state index contributed by atoms with van der Waals surface area (Å²) in [5.74, 6) is -0.0707. The number of esters is 1. The van der Waals surface area contributed by atoms with Crippen LogP contribution in [0, 0.1) is 5.41 Å². The van der Waals surface area contributed by atoms with Gasteiger partial charge in [-0.3, -0.25) is 4.79 Å². The molecule has 0 aromatic heterocycles. The maximum absolute atomic E-state index is 13.0. The molecule has 7 heteroatoms. The molecule has 51 heavy (non-hydrogen) atoms. The molecule has 0 aliphatic carbocycles. The zero-order valence-electron chi connectivity index (χ0n) is 35.0. The Morgan fingerprint density at radius 1 is 0.627 bits per heavy atom. The van der Waals surface area contributed by atoms with Crippen LogP contribution in [0.2, 0.25) is 0 Å². The molecular weight excluding hydrogens is 635 g/mol. The summed E-state index contributed by atoms with van der Waals surface area (Å²) in [5.41, 5.74) is 1.12. The molecule has 300 valence electrons. The minimum atomic E-state index is -0.0707. The standard InChI is InChI=1S/C44H85N3O4/c1-8-10-12-24-30-36-49-45-34-28-22-18-14-16-20-26-32-42(51-43(48)38-41(3)39-44(4,5)40-47(6)7)33-27-21-17-15-19-23-29-35-46-50-37-31-25-13-11-9-2/h34-35,39,42H,8-33,36-38,40H2,1-7H3/b41-39?,45-34-,46-35-. The molecule has 0 N–H and O–H groups in total. The van der Waals surface area contributed by atoms with Crippen molar-refractivity contribution in [1.82, 2.24) is 4.90 Å². The molecule has 0 aliphatic heterocycles. The van der Waals surface area contributed by atoms with E-state index in [1.165, 1.54) is 116 Å². The third-order valence-electron chi connectivity index (χ3n) is 9.28. The number of hydrogen-bond donors (Lipinski definition) is 0. The van der Waals surface area contributed by atoms with Gasteiger partial charge in [-0.1, -0.05) is 140 Å². The van der Waals surface area contributed by atoms with E-state index < -0.39 is 0 Å². The predicted octanol–water partition coefficient (Wildman–Crippen LogP) is 13.0. The van der Waals surface area contributed by atoms with Crippen LogP contribution < -0.4 is 0 Å². The molecule has 0 saturated carbocycles. The fourth-order valence-electron chi connectivity index (χ4n) is 6.78. The summed E-state index contributed by atoms with van der Waals surface area (Å²) in [6, 6.07) is 0. The van der Waals surface area contributed by atoms with Crippen LogP contribution >= 0.6 is 0 Å². The molecule has 0 rings (SSSR count). The molecule has 0 heterocycles. The molecule has 0 radical (unpaired) electrons. The highest BCUT2D eigenvalue weighted by atomic mass is 16.6. The fraction of sp³-hybridized carbons (Fsp3) is 0.886. The molecule has 0 unspecified atom stereocenters. The fourth-order valence-corrected chi connectivity index (χ4v) is 6.78. The van der Waals surface area contributed by atoms with Crippen LogP contribution in [0.4, 0.5) is 0 Å². The van der Waals surface area contributed by atoms with Gasteiger partial charge in [0.15, 0.2) is 0 Å². The second-order valence-corrected chi connectivity index (χ2v) is 16.0. The van der Waals surface area contributed by atoms with Crippen molar-refractivity contribution >= 4 is 18.4 Å². The largest absolute Gasteiger partial charge is 0.462 e. The summed E-state index contributed by atoms with van der Waals surface area (Å²) in [6.45, 7) is 13.4. The summed E-state index contributed by atoms with van der Waals surface area (Å²) in [7, 11) is 4.19. The van der Waals surface area contributed by atoms with Gasteiger partial charge in [-0.25, -0.2) is 0 Å². The quantitative estimate of drug-likeness (QED) is 0.0209. The van der Waals surface area contributed by atoms with Gasteiger partial charge in [0.2, 0.25) is 0 Å². The Balaban J connectivity index is 4.35. The van der Waals surface area contributed by atoms with Crippen LogP contribution in [-0.2, 0) is 19.2 Å². The first kappa shape index (κ1) is 49.1. The number of hydrogen-bond acceptors (Lipinski definition) is 7. The summed E-state index contributed by atoms with van der Waals surface area (Å²) in [6.07, 6.45) is 37.4. The minimum Gasteiger partial charge on any atom is -0.462 e. The Morgan fingerprint density at radius 2 is 1.04 bits per heavy atom. The first-order valence-electron chi connectivity index (χ1n) is 21.5. The van der Waals surface area contributed by atoms with Gasteiger partial charge >= 0.3 is 5.97 Å². The normalized spacial score (nSPS) is 12.6. The lowest BCUT2D eigenvalue weighted by Gasteiger charge is -2.26. The smallest absolute Gasteiger partial charge is 0.310 e. The highest BCUT2D eigenvalue weighted by molar-refractivity contribution is 5.72. The van der Waals surface area contributed by atoms with E-state index in [2.05, 4.69) is 70.0 Å². The number of unbranched alkanes of at least 4 members (excludes halogenated alkanes) is 20. The monoisotopic (exact) mass is 720 g/mol. The number of carbonyl (C=O) groups excluding carboxylic acids is 1. The number of rotatable bonds is 38. The Kier molecular flexibility index (Phi) is 35.1. The van der Waals surface area contributed by atoms with Crippen molar-refractivity contribution < 1.29 is 19.2 Å². The lowest BCUT2D eigenvalue weighted by molar-refractivity contribution is -0.149. The van der Waals surface area contributed by atoms with Gasteiger partial charge in [-0.2, -0.15) is 0 Å². The molecule has 0 atom stereocenters. The Bertz CT molecular complexity index is 813. The van der Waals surface area contributed by atoms with Crippen molar-refractivity contribution in [2.75, 3.05) is 33.9 Å². The summed E-state index contributed by atoms with van der Waals surface area (Å²) >= 11 is 0. The maximum Gasteiger partial charge on any atom is 0.310 e. The lowest BCUT2D eigenvalue weighted by atomic mass is 9.90. The van der Waals surface area contributed by atoms with Gasteiger partial charge in [0, 0.05) is 19.0 Å². The van der Waals surface area contributed by atoms with E-state index in [4.69, 9.17) is 14.4 Å². The Morgan fingerprint density at radius 3 is 1.49 bits per heavy atom. The Labute approximate surface area is 317 Å². The van der Waals surface area contributed by atoms with Crippen molar-refractivity contribution in [1.29, 1.82) is 0 Å². The molecular formula is C44H85N3O4. The first-order chi connectivity index (χ1) is 24.7. The van der Waals surface area contributed by atoms with E-state index in [0.29, 0.717) is 6.42 Å². The molecule has 0 amide bonds. The number of carbonyl (C=O) groups is 1. The van der Waals surface area contributed by atoms with E-state index in [0.717, 1.165) is 76.7 Å². The van der Waals surface area contributed by atoms with Crippen molar-refractivity contribution in [3.63, 3.8) is 0 Å². The average Bonchev–Trinajstić information content (AvgIpc) is 3.06. The first-order valence-corrected chi connectivity index (χ1v) is 21.5. The molecule has 0 spiro atoms. The van der Waals surface area contributed by atoms with Crippen molar-refractivity contribution in [3.05, 3.63) is 11.6 Å². The van der Waals surface area contributed by atoms with Crippen molar-refractivity contribution in [3.8, 4) is 0 Å². The van der Waals surface area contributed by atoms with Crippen LogP contribution in [0.25, 0.3) is 0 Å². The molecule has 0 aromatic carbocycles. The minimum absolute atomic E-state index is 0.0233. The van der Waals surface area contributed by atoms with E-state index in [-0.39, 0.29) is 17.5 Å². The van der Waals surface area contributed by atoms with Crippen LogP contribution in [0.1, 0.15) is 208 Å². The predicted molar refractivity (Wildman–Crippen MR) is 221 cm³/mol. The zero-order valence-corrected chi connectivity index (χ0v) is 35.0.